The van der Waals surface area contributed by atoms with E-state index in [1.54, 1.807) is 5.32 Å². The van der Waals surface area contributed by atoms with Gasteiger partial charge >= 0.3 is 12.1 Å². The molecule has 1 saturated carbocycles. The van der Waals surface area contributed by atoms with Crippen LogP contribution < -0.4 is 16.0 Å². The summed E-state index contributed by atoms with van der Waals surface area (Å²) in [4.78, 5) is 52.0. The number of carbonyl (C=O) groups is 4. The summed E-state index contributed by atoms with van der Waals surface area (Å²) >= 11 is 0. The monoisotopic (exact) mass is 632 g/mol. The van der Waals surface area contributed by atoms with Crippen LogP contribution in [0.3, 0.4) is 0 Å². The third kappa shape index (κ3) is 7.75. The van der Waals surface area contributed by atoms with Crippen LogP contribution in [-0.2, 0) is 29.0 Å². The first-order valence-electron chi connectivity index (χ1n) is 13.2. The van der Waals surface area contributed by atoms with Gasteiger partial charge in [-0.15, -0.1) is 0 Å². The van der Waals surface area contributed by atoms with Gasteiger partial charge in [-0.05, 0) is 36.2 Å². The van der Waals surface area contributed by atoms with Crippen molar-refractivity contribution in [1.82, 2.24) is 20.9 Å². The van der Waals surface area contributed by atoms with E-state index in [1.807, 2.05) is 0 Å². The lowest BCUT2D eigenvalue weighted by molar-refractivity contribution is -0.176. The fraction of sp³-hybridized carbons (Fsp3) is 0.760. The summed E-state index contributed by atoms with van der Waals surface area (Å²) in [6.07, 6.45) is -5.67. The van der Waals surface area contributed by atoms with Crippen LogP contribution in [-0.4, -0.2) is 86.5 Å². The third-order valence-electron chi connectivity index (χ3n) is 7.79. The number of rotatable bonds is 8. The van der Waals surface area contributed by atoms with E-state index in [0.717, 1.165) is 4.90 Å². The zero-order valence-electron chi connectivity index (χ0n) is 23.4. The van der Waals surface area contributed by atoms with Crippen LogP contribution in [0, 0.1) is 23.2 Å². The number of halogens is 6. The third-order valence-corrected chi connectivity index (χ3v) is 8.63. The van der Waals surface area contributed by atoms with Crippen molar-refractivity contribution < 1.29 is 53.9 Å². The van der Waals surface area contributed by atoms with Crippen LogP contribution in [0.1, 0.15) is 46.5 Å². The van der Waals surface area contributed by atoms with Crippen LogP contribution in [0.25, 0.3) is 0 Å². The Morgan fingerprint density at radius 3 is 2.26 bits per heavy atom. The summed E-state index contributed by atoms with van der Waals surface area (Å²) in [5.74, 6) is -11.0. The minimum Gasteiger partial charge on any atom is -0.356 e. The first kappa shape index (κ1) is 33.6. The lowest BCUT2D eigenvalue weighted by atomic mass is 9.85. The zero-order valence-corrected chi connectivity index (χ0v) is 24.2. The molecule has 0 unspecified atom stereocenters. The molecule has 0 bridgehead atoms. The van der Waals surface area contributed by atoms with Gasteiger partial charge in [0, 0.05) is 38.1 Å². The molecule has 10 nitrogen and oxygen atoms in total. The first-order chi connectivity index (χ1) is 19.0. The summed E-state index contributed by atoms with van der Waals surface area (Å²) in [7, 11) is -4.36. The van der Waals surface area contributed by atoms with E-state index in [-0.39, 0.29) is 19.4 Å². The number of hydrogen-bond donors (Lipinski definition) is 3. The Bertz CT molecular complexity index is 1250. The van der Waals surface area contributed by atoms with Gasteiger partial charge in [0.25, 0.3) is 0 Å². The molecule has 3 fully saturated rings. The maximum atomic E-state index is 14.5. The van der Waals surface area contributed by atoms with Crippen molar-refractivity contribution >= 4 is 33.5 Å². The quantitative estimate of drug-likeness (QED) is 0.349. The lowest BCUT2D eigenvalue weighted by Gasteiger charge is -2.37. The standard InChI is InChI=1S/C25H34F6N4O6S/c1-23(2,3)18(34-22(39)25(29,30)31)21(38)35-11-13-9-24(27,28)10-15(13)17(35)20(37)33-14(8-16(26)42(4,40)41)7-12-5-6-32-19(12)36/h8,12-15,17-18H,5-7,9-11H2,1-4H3,(H,32,36)(H,33,37)(H,34,39)/b16-8+/t12-,13-,14-,15-,17+,18-/m0/s1. The van der Waals surface area contributed by atoms with Crippen molar-refractivity contribution in [2.24, 2.45) is 23.2 Å². The summed E-state index contributed by atoms with van der Waals surface area (Å²) in [6.45, 7) is 3.97. The number of alkyl halides is 5. The van der Waals surface area contributed by atoms with Crippen molar-refractivity contribution in [2.75, 3.05) is 19.3 Å². The van der Waals surface area contributed by atoms with Gasteiger partial charge in [0.15, 0.2) is 0 Å². The molecule has 0 aromatic carbocycles. The van der Waals surface area contributed by atoms with Gasteiger partial charge < -0.3 is 20.9 Å². The topological polar surface area (TPSA) is 142 Å². The van der Waals surface area contributed by atoms with Gasteiger partial charge in [0.05, 0.1) is 6.04 Å². The Morgan fingerprint density at radius 2 is 1.76 bits per heavy atom. The van der Waals surface area contributed by atoms with Gasteiger partial charge in [-0.1, -0.05) is 20.8 Å². The number of nitrogens with one attached hydrogen (secondary N) is 3. The van der Waals surface area contributed by atoms with Crippen molar-refractivity contribution in [3.05, 3.63) is 11.2 Å². The Hall–Kier alpha value is -2.85. The SMILES string of the molecule is CC(C)(C)[C@@H](NC(=O)C(F)(F)F)C(=O)N1C[C@@H]2CC(F)(F)C[C@@H]2[C@@H]1C(=O)N[C@H](/C=C(\F)S(C)(=O)=O)C[C@@H]1CCNC1=O. The van der Waals surface area contributed by atoms with Gasteiger partial charge in [0.2, 0.25) is 38.6 Å². The lowest BCUT2D eigenvalue weighted by Crippen LogP contribution is -2.60. The van der Waals surface area contributed by atoms with Crippen LogP contribution in [0.15, 0.2) is 11.2 Å². The smallest absolute Gasteiger partial charge is 0.356 e. The van der Waals surface area contributed by atoms with E-state index in [1.165, 1.54) is 20.8 Å². The van der Waals surface area contributed by atoms with Gasteiger partial charge in [-0.3, -0.25) is 19.2 Å². The minimum absolute atomic E-state index is 0.252. The second kappa shape index (κ2) is 11.7. The fourth-order valence-corrected chi connectivity index (χ4v) is 6.19. The molecular weight excluding hydrogens is 598 g/mol. The predicted molar refractivity (Wildman–Crippen MR) is 136 cm³/mol. The summed E-state index contributed by atoms with van der Waals surface area (Å²) in [5.41, 5.74) is -1.31. The van der Waals surface area contributed by atoms with Crippen LogP contribution in [0.5, 0.6) is 0 Å². The van der Waals surface area contributed by atoms with Crippen molar-refractivity contribution in [2.45, 2.75) is 76.7 Å². The number of amides is 4. The largest absolute Gasteiger partial charge is 0.471 e. The van der Waals surface area contributed by atoms with E-state index in [2.05, 4.69) is 10.6 Å². The highest BCUT2D eigenvalue weighted by Gasteiger charge is 2.59. The van der Waals surface area contributed by atoms with Crippen molar-refractivity contribution in [1.29, 1.82) is 0 Å². The highest BCUT2D eigenvalue weighted by molar-refractivity contribution is 7.94. The van der Waals surface area contributed by atoms with Gasteiger partial charge in [-0.2, -0.15) is 17.6 Å². The molecule has 6 atom stereocenters. The highest BCUT2D eigenvalue weighted by atomic mass is 32.2. The number of likely N-dealkylation sites (tertiary alicyclic amines) is 1. The van der Waals surface area contributed by atoms with Crippen molar-refractivity contribution in [3.8, 4) is 0 Å². The molecule has 3 aliphatic rings. The predicted octanol–water partition coefficient (Wildman–Crippen LogP) is 1.82. The maximum absolute atomic E-state index is 14.5. The molecular formula is C25H34F6N4O6S. The molecule has 42 heavy (non-hydrogen) atoms. The normalized spacial score (nSPS) is 27.7. The average Bonchev–Trinajstić information content (AvgIpc) is 3.45. The van der Waals surface area contributed by atoms with Gasteiger partial charge in [-0.25, -0.2) is 17.2 Å². The molecule has 4 amide bonds. The molecule has 17 heteroatoms. The van der Waals surface area contributed by atoms with E-state index < -0.39 is 111 Å². The van der Waals surface area contributed by atoms with Crippen LogP contribution >= 0.6 is 0 Å². The fourth-order valence-electron chi connectivity index (χ4n) is 5.78. The number of fused-ring (bicyclic) bond motifs is 1. The number of carbonyl (C=O) groups excluding carboxylic acids is 4. The van der Waals surface area contributed by atoms with E-state index in [4.69, 9.17) is 0 Å². The Morgan fingerprint density at radius 1 is 1.14 bits per heavy atom. The molecule has 2 heterocycles. The second-order valence-electron chi connectivity index (χ2n) is 12.3. The first-order valence-corrected chi connectivity index (χ1v) is 15.1. The molecule has 2 aliphatic heterocycles. The number of sulfone groups is 1. The Labute approximate surface area is 238 Å². The summed E-state index contributed by atoms with van der Waals surface area (Å²) in [6, 6.07) is -4.87. The minimum atomic E-state index is -5.33. The van der Waals surface area contributed by atoms with Crippen molar-refractivity contribution in [3.63, 3.8) is 0 Å². The number of hydrogen-bond acceptors (Lipinski definition) is 6. The van der Waals surface area contributed by atoms with E-state index in [0.29, 0.717) is 12.3 Å². The molecule has 0 spiro atoms. The highest BCUT2D eigenvalue weighted by Crippen LogP contribution is 2.50. The molecule has 0 aromatic rings. The second-order valence-corrected chi connectivity index (χ2v) is 14.2. The molecule has 3 rings (SSSR count). The molecule has 1 aliphatic carbocycles. The number of nitrogens with zero attached hydrogens (tertiary/aromatic N) is 1. The average molecular weight is 633 g/mol. The Kier molecular flexibility index (Phi) is 9.36. The summed E-state index contributed by atoms with van der Waals surface area (Å²) in [5, 5.41) is 4.95. The molecule has 0 radical (unpaired) electrons. The molecule has 0 aromatic heterocycles. The molecule has 238 valence electrons. The van der Waals surface area contributed by atoms with Crippen LogP contribution in [0.4, 0.5) is 26.3 Å². The Balaban J connectivity index is 1.97. The van der Waals surface area contributed by atoms with Crippen LogP contribution in [0.2, 0.25) is 0 Å². The maximum Gasteiger partial charge on any atom is 0.471 e. The summed E-state index contributed by atoms with van der Waals surface area (Å²) < 4.78 is 106. The van der Waals surface area contributed by atoms with Gasteiger partial charge in [0.1, 0.15) is 12.1 Å². The van der Waals surface area contributed by atoms with E-state index >= 15 is 0 Å². The zero-order chi connectivity index (χ0) is 32.0. The molecule has 2 saturated heterocycles. The van der Waals surface area contributed by atoms with E-state index in [9.17, 15) is 53.9 Å². The molecule has 3 N–H and O–H groups in total.